The van der Waals surface area contributed by atoms with Gasteiger partial charge < -0.3 is 24.4 Å². The molecular formula is C29H50N2O7. The first-order chi connectivity index (χ1) is 17.4. The van der Waals surface area contributed by atoms with Crippen LogP contribution in [0.1, 0.15) is 86.4 Å². The van der Waals surface area contributed by atoms with Gasteiger partial charge in [0.25, 0.3) is 5.56 Å². The van der Waals surface area contributed by atoms with Crippen molar-refractivity contribution in [2.24, 2.45) is 22.2 Å². The third kappa shape index (κ3) is 8.61. The van der Waals surface area contributed by atoms with Crippen molar-refractivity contribution in [3.8, 4) is 0 Å². The number of nitrogens with one attached hydrogen (secondary N) is 1. The first kappa shape index (κ1) is 32.4. The fraction of sp³-hybridized carbons (Fsp3) is 0.793. The number of hydrogen-bond donors (Lipinski definition) is 3. The van der Waals surface area contributed by atoms with Crippen LogP contribution in [0.15, 0.2) is 28.4 Å². The molecule has 2 heterocycles. The van der Waals surface area contributed by atoms with Crippen molar-refractivity contribution in [2.45, 2.75) is 99.2 Å². The third-order valence-electron chi connectivity index (χ3n) is 6.89. The van der Waals surface area contributed by atoms with E-state index in [0.29, 0.717) is 31.8 Å². The summed E-state index contributed by atoms with van der Waals surface area (Å²) in [4.78, 5) is 28.3. The highest BCUT2D eigenvalue weighted by molar-refractivity contribution is 5.17. The Kier molecular flexibility index (Phi) is 10.8. The van der Waals surface area contributed by atoms with E-state index in [1.54, 1.807) is 12.3 Å². The first-order valence-corrected chi connectivity index (χ1v) is 13.5. The van der Waals surface area contributed by atoms with Gasteiger partial charge in [-0.05, 0) is 29.6 Å². The minimum atomic E-state index is -0.944. The van der Waals surface area contributed by atoms with E-state index in [-0.39, 0.29) is 35.5 Å². The number of aliphatic hydroxyl groups is 2. The van der Waals surface area contributed by atoms with Gasteiger partial charge in [-0.25, -0.2) is 4.79 Å². The van der Waals surface area contributed by atoms with Crippen LogP contribution < -0.4 is 11.2 Å². The molecule has 1 aliphatic rings. The summed E-state index contributed by atoms with van der Waals surface area (Å²) >= 11 is 0. The zero-order chi connectivity index (χ0) is 29.1. The van der Waals surface area contributed by atoms with Crippen LogP contribution in [-0.2, 0) is 14.2 Å². The Morgan fingerprint density at radius 1 is 1.13 bits per heavy atom. The molecule has 9 heteroatoms. The zero-order valence-corrected chi connectivity index (χ0v) is 24.7. The number of aromatic amines is 1. The fourth-order valence-electron chi connectivity index (χ4n) is 4.77. The van der Waals surface area contributed by atoms with Gasteiger partial charge in [0.05, 0.1) is 50.3 Å². The molecule has 0 aromatic carbocycles. The summed E-state index contributed by atoms with van der Waals surface area (Å²) in [6.07, 6.45) is 1.27. The number of aliphatic hydroxyl groups excluding tert-OH is 2. The van der Waals surface area contributed by atoms with Crippen LogP contribution >= 0.6 is 0 Å². The number of hydrogen-bond acceptors (Lipinski definition) is 7. The molecule has 6 unspecified atom stereocenters. The van der Waals surface area contributed by atoms with E-state index in [1.807, 2.05) is 20.8 Å². The topological polar surface area (TPSA) is 123 Å². The Morgan fingerprint density at radius 2 is 1.74 bits per heavy atom. The first-order valence-electron chi connectivity index (χ1n) is 13.5. The molecule has 0 bridgehead atoms. The lowest BCUT2D eigenvalue weighted by molar-refractivity contribution is -0.0840. The van der Waals surface area contributed by atoms with Gasteiger partial charge in [0.2, 0.25) is 0 Å². The van der Waals surface area contributed by atoms with Crippen molar-refractivity contribution >= 4 is 0 Å². The Balaban J connectivity index is 2.42. The molecule has 1 fully saturated rings. The molecule has 9 nitrogen and oxygen atoms in total. The summed E-state index contributed by atoms with van der Waals surface area (Å²) in [6.45, 7) is 23.0. The molecule has 0 radical (unpaired) electrons. The quantitative estimate of drug-likeness (QED) is 0.348. The lowest BCUT2D eigenvalue weighted by Crippen LogP contribution is -2.39. The number of aromatic nitrogens is 2. The Hall–Kier alpha value is -1.78. The highest BCUT2D eigenvalue weighted by atomic mass is 16.6. The number of nitrogens with zero attached hydrogens (tertiary/aromatic N) is 1. The largest absolute Gasteiger partial charge is 0.394 e. The predicted octanol–water partition coefficient (Wildman–Crippen LogP) is 3.60. The molecule has 38 heavy (non-hydrogen) atoms. The molecule has 0 aliphatic carbocycles. The molecule has 1 aliphatic heterocycles. The lowest BCUT2D eigenvalue weighted by Gasteiger charge is -2.32. The van der Waals surface area contributed by atoms with E-state index < -0.39 is 35.0 Å². The molecule has 0 amide bonds. The van der Waals surface area contributed by atoms with Crippen LogP contribution in [0, 0.1) is 22.2 Å². The summed E-state index contributed by atoms with van der Waals surface area (Å²) in [5, 5.41) is 19.6. The van der Waals surface area contributed by atoms with Gasteiger partial charge in [-0.2, -0.15) is 0 Å². The van der Waals surface area contributed by atoms with Crippen molar-refractivity contribution in [3.05, 3.63) is 45.3 Å². The van der Waals surface area contributed by atoms with Crippen molar-refractivity contribution < 1.29 is 24.4 Å². The highest BCUT2D eigenvalue weighted by Gasteiger charge is 2.46. The minimum Gasteiger partial charge on any atom is -0.394 e. The molecule has 2 rings (SSSR count). The van der Waals surface area contributed by atoms with Crippen LogP contribution in [0.2, 0.25) is 0 Å². The second-order valence-electron chi connectivity index (χ2n) is 13.8. The Labute approximate surface area is 227 Å². The van der Waals surface area contributed by atoms with Crippen molar-refractivity contribution in [2.75, 3.05) is 26.4 Å². The molecule has 0 spiro atoms. The smallest absolute Gasteiger partial charge is 0.328 e. The average Bonchev–Trinajstić information content (AvgIpc) is 3.12. The summed E-state index contributed by atoms with van der Waals surface area (Å²) in [5.41, 5.74) is -1.50. The van der Waals surface area contributed by atoms with E-state index in [4.69, 9.17) is 14.2 Å². The van der Waals surface area contributed by atoms with Crippen molar-refractivity contribution in [1.29, 1.82) is 0 Å². The highest BCUT2D eigenvalue weighted by Crippen LogP contribution is 2.41. The maximum atomic E-state index is 13.1. The monoisotopic (exact) mass is 538 g/mol. The van der Waals surface area contributed by atoms with Crippen LogP contribution in [0.5, 0.6) is 0 Å². The molecule has 1 aromatic heterocycles. The van der Waals surface area contributed by atoms with Gasteiger partial charge >= 0.3 is 5.69 Å². The van der Waals surface area contributed by atoms with Gasteiger partial charge in [0, 0.05) is 18.2 Å². The predicted molar refractivity (Wildman–Crippen MR) is 148 cm³/mol. The van der Waals surface area contributed by atoms with Gasteiger partial charge in [-0.3, -0.25) is 14.3 Å². The van der Waals surface area contributed by atoms with Crippen LogP contribution in [0.3, 0.4) is 0 Å². The normalized spacial score (nSPS) is 24.4. The van der Waals surface area contributed by atoms with E-state index in [9.17, 15) is 19.8 Å². The Bertz CT molecular complexity index is 1030. The van der Waals surface area contributed by atoms with Gasteiger partial charge in [0.1, 0.15) is 6.10 Å². The zero-order valence-electron chi connectivity index (χ0n) is 24.7. The maximum absolute atomic E-state index is 13.1. The molecule has 3 N–H and O–H groups in total. The second-order valence-corrected chi connectivity index (χ2v) is 13.8. The second kappa shape index (κ2) is 12.6. The van der Waals surface area contributed by atoms with Crippen LogP contribution in [-0.4, -0.2) is 64.5 Å². The standard InChI is InChI=1S/C29H50N2O7/c1-11-19-23(38-21(15-36-16-27(3,4)5)24(19)37-17-28(6,7)8)20-13-31(26(35)30-25(20)34)18(2)12-29(9,10)22(33)14-32/h11,13,18-19,21-24,32-33H,1,12,14-17H2,2-10H3,(H,30,34,35). The van der Waals surface area contributed by atoms with E-state index >= 15 is 0 Å². The molecule has 1 aromatic rings. The summed E-state index contributed by atoms with van der Waals surface area (Å²) < 4.78 is 20.2. The number of H-pyrrole nitrogens is 1. The minimum absolute atomic E-state index is 0.0161. The molecule has 218 valence electrons. The van der Waals surface area contributed by atoms with Crippen molar-refractivity contribution in [3.63, 3.8) is 0 Å². The van der Waals surface area contributed by atoms with E-state index in [2.05, 4.69) is 53.1 Å². The summed E-state index contributed by atoms with van der Waals surface area (Å²) in [6, 6.07) is -0.364. The van der Waals surface area contributed by atoms with Gasteiger partial charge in [-0.15, -0.1) is 6.58 Å². The summed E-state index contributed by atoms with van der Waals surface area (Å²) in [5.74, 6) is -0.337. The van der Waals surface area contributed by atoms with Crippen LogP contribution in [0.25, 0.3) is 0 Å². The number of ether oxygens (including phenoxy) is 3. The molecular weight excluding hydrogens is 488 g/mol. The van der Waals surface area contributed by atoms with Crippen LogP contribution in [0.4, 0.5) is 0 Å². The maximum Gasteiger partial charge on any atom is 0.328 e. The average molecular weight is 539 g/mol. The van der Waals surface area contributed by atoms with Gasteiger partial charge in [0.15, 0.2) is 0 Å². The summed E-state index contributed by atoms with van der Waals surface area (Å²) in [7, 11) is 0. The van der Waals surface area contributed by atoms with E-state index in [0.717, 1.165) is 0 Å². The Morgan fingerprint density at radius 3 is 2.26 bits per heavy atom. The van der Waals surface area contributed by atoms with E-state index in [1.165, 1.54) is 4.57 Å². The molecule has 6 atom stereocenters. The molecule has 1 saturated heterocycles. The van der Waals surface area contributed by atoms with Gasteiger partial charge in [-0.1, -0.05) is 61.5 Å². The number of rotatable bonds is 12. The van der Waals surface area contributed by atoms with Crippen molar-refractivity contribution in [1.82, 2.24) is 9.55 Å². The third-order valence-corrected chi connectivity index (χ3v) is 6.89. The molecule has 0 saturated carbocycles. The lowest BCUT2D eigenvalue weighted by atomic mass is 9.81. The SMILES string of the molecule is C=CC1C(c2cn(C(C)CC(C)(C)C(O)CO)c(=O)[nH]c2=O)OC(COCC(C)(C)C)C1OCC(C)(C)C. The fourth-order valence-corrected chi connectivity index (χ4v) is 4.77.